The second kappa shape index (κ2) is 8.65. The van der Waals surface area contributed by atoms with E-state index in [1.54, 1.807) is 31.3 Å². The van der Waals surface area contributed by atoms with E-state index in [0.29, 0.717) is 5.82 Å². The van der Waals surface area contributed by atoms with Crippen LogP contribution >= 0.6 is 0 Å². The van der Waals surface area contributed by atoms with Crippen LogP contribution in [0.5, 0.6) is 0 Å². The van der Waals surface area contributed by atoms with E-state index in [4.69, 9.17) is 9.84 Å². The number of halogens is 1. The quantitative estimate of drug-likeness (QED) is 0.629. The fourth-order valence-corrected chi connectivity index (χ4v) is 2.77. The molecule has 0 radical (unpaired) electrons. The van der Waals surface area contributed by atoms with Crippen LogP contribution in [0, 0.1) is 5.82 Å². The van der Waals surface area contributed by atoms with Gasteiger partial charge in [-0.3, -0.25) is 10.00 Å². The molecule has 146 valence electrons. The van der Waals surface area contributed by atoms with E-state index >= 15 is 0 Å². The number of hydrogen-bond donors (Lipinski definition) is 1. The van der Waals surface area contributed by atoms with Crippen molar-refractivity contribution in [1.82, 2.24) is 14.8 Å². The first kappa shape index (κ1) is 19.5. The minimum absolute atomic E-state index is 0.215. The van der Waals surface area contributed by atoms with Gasteiger partial charge in [-0.1, -0.05) is 6.92 Å². The van der Waals surface area contributed by atoms with Gasteiger partial charge in [0.15, 0.2) is 0 Å². The molecule has 1 aromatic carbocycles. The Kier molecular flexibility index (Phi) is 6.03. The number of hydrogen-bond acceptors (Lipinski definition) is 4. The van der Waals surface area contributed by atoms with Crippen LogP contribution in [0.2, 0.25) is 0 Å². The summed E-state index contributed by atoms with van der Waals surface area (Å²) in [6.07, 6.45) is 3.96. The molecule has 1 atom stereocenters. The Morgan fingerprint density at radius 1 is 1.21 bits per heavy atom. The molecule has 2 aromatic heterocycles. The van der Waals surface area contributed by atoms with Crippen LogP contribution in [-0.4, -0.2) is 27.5 Å². The average molecular weight is 382 g/mol. The van der Waals surface area contributed by atoms with Crippen LogP contribution in [0.25, 0.3) is 22.4 Å². The number of carbonyl (C=O) groups excluding carboxylic acids is 1. The molecule has 6 nitrogen and oxygen atoms in total. The summed E-state index contributed by atoms with van der Waals surface area (Å²) in [5, 5.41) is 7.35. The monoisotopic (exact) mass is 382 g/mol. The van der Waals surface area contributed by atoms with Crippen molar-refractivity contribution >= 4 is 11.9 Å². The normalized spacial score (nSPS) is 11.9. The van der Waals surface area contributed by atoms with Gasteiger partial charge in [0, 0.05) is 29.6 Å². The number of anilines is 1. The lowest BCUT2D eigenvalue weighted by molar-refractivity contribution is 0.168. The molecule has 0 fully saturated rings. The molecule has 0 aliphatic carbocycles. The molecule has 0 bridgehead atoms. The smallest absolute Gasteiger partial charge is 0.412 e. The molecule has 1 amide bonds. The number of rotatable bonds is 6. The summed E-state index contributed by atoms with van der Waals surface area (Å²) < 4.78 is 20.2. The molecule has 3 rings (SSSR count). The van der Waals surface area contributed by atoms with Crippen molar-refractivity contribution < 1.29 is 13.9 Å². The zero-order chi connectivity index (χ0) is 20.1. The third-order valence-electron chi connectivity index (χ3n) is 4.47. The molecule has 7 heteroatoms. The lowest BCUT2D eigenvalue weighted by Gasteiger charge is -2.08. The number of aromatic nitrogens is 3. The molecule has 0 saturated carbocycles. The third kappa shape index (κ3) is 4.36. The first-order valence-electron chi connectivity index (χ1n) is 9.27. The highest BCUT2D eigenvalue weighted by atomic mass is 19.1. The number of benzene rings is 1. The fourth-order valence-electron chi connectivity index (χ4n) is 2.77. The standard InChI is InChI=1S/C21H23FN4O2/c1-4-14(3)26-13-18(20(25-26)15-6-8-17(22)9-7-15)16-10-11-23-19(12-16)24-21(27)28-5-2/h6-14H,4-5H2,1-3H3,(H,23,24,27). The van der Waals surface area contributed by atoms with Gasteiger partial charge in [-0.05, 0) is 62.2 Å². The SMILES string of the molecule is CCOC(=O)Nc1cc(-c2cn(C(C)CC)nc2-c2ccc(F)cc2)ccn1. The topological polar surface area (TPSA) is 69.0 Å². The van der Waals surface area contributed by atoms with E-state index in [-0.39, 0.29) is 18.5 Å². The summed E-state index contributed by atoms with van der Waals surface area (Å²) >= 11 is 0. The van der Waals surface area contributed by atoms with E-state index < -0.39 is 6.09 Å². The van der Waals surface area contributed by atoms with Crippen LogP contribution in [0.3, 0.4) is 0 Å². The largest absolute Gasteiger partial charge is 0.450 e. The van der Waals surface area contributed by atoms with Gasteiger partial charge >= 0.3 is 6.09 Å². The number of carbonyl (C=O) groups is 1. The summed E-state index contributed by atoms with van der Waals surface area (Å²) in [5.41, 5.74) is 3.28. The number of pyridine rings is 1. The summed E-state index contributed by atoms with van der Waals surface area (Å²) in [6.45, 7) is 6.20. The van der Waals surface area contributed by atoms with Crippen LogP contribution in [0.1, 0.15) is 33.2 Å². The maximum Gasteiger partial charge on any atom is 0.412 e. The fraction of sp³-hybridized carbons (Fsp3) is 0.286. The van der Waals surface area contributed by atoms with Crippen molar-refractivity contribution in [3.63, 3.8) is 0 Å². The zero-order valence-corrected chi connectivity index (χ0v) is 16.1. The Hall–Kier alpha value is -3.22. The van der Waals surface area contributed by atoms with Gasteiger partial charge in [0.2, 0.25) is 0 Å². The van der Waals surface area contributed by atoms with E-state index in [0.717, 1.165) is 28.8 Å². The number of nitrogens with one attached hydrogen (secondary N) is 1. The highest BCUT2D eigenvalue weighted by Crippen LogP contribution is 2.33. The van der Waals surface area contributed by atoms with Gasteiger partial charge in [0.1, 0.15) is 17.3 Å². The first-order chi connectivity index (χ1) is 13.5. The lowest BCUT2D eigenvalue weighted by atomic mass is 10.0. The van der Waals surface area contributed by atoms with Crippen molar-refractivity contribution in [2.75, 3.05) is 11.9 Å². The number of ether oxygens (including phenoxy) is 1. The maximum atomic E-state index is 13.4. The second-order valence-corrected chi connectivity index (χ2v) is 6.41. The molecule has 0 saturated heterocycles. The Labute approximate surface area is 163 Å². The first-order valence-corrected chi connectivity index (χ1v) is 9.27. The Morgan fingerprint density at radius 2 is 1.96 bits per heavy atom. The van der Waals surface area contributed by atoms with Gasteiger partial charge in [-0.15, -0.1) is 0 Å². The number of nitrogens with zero attached hydrogens (tertiary/aromatic N) is 3. The third-order valence-corrected chi connectivity index (χ3v) is 4.47. The molecule has 0 aliphatic heterocycles. The molecule has 3 aromatic rings. The van der Waals surface area contributed by atoms with Crippen molar-refractivity contribution in [2.24, 2.45) is 0 Å². The highest BCUT2D eigenvalue weighted by Gasteiger charge is 2.16. The number of amides is 1. The average Bonchev–Trinajstić information content (AvgIpc) is 3.14. The van der Waals surface area contributed by atoms with Crippen molar-refractivity contribution in [2.45, 2.75) is 33.2 Å². The van der Waals surface area contributed by atoms with Crippen molar-refractivity contribution in [1.29, 1.82) is 0 Å². The predicted octanol–water partition coefficient (Wildman–Crippen LogP) is 5.29. The van der Waals surface area contributed by atoms with Gasteiger partial charge in [-0.25, -0.2) is 14.2 Å². The van der Waals surface area contributed by atoms with E-state index in [9.17, 15) is 9.18 Å². The van der Waals surface area contributed by atoms with Crippen LogP contribution in [0.15, 0.2) is 48.8 Å². The molecule has 28 heavy (non-hydrogen) atoms. The van der Waals surface area contributed by atoms with E-state index in [1.165, 1.54) is 12.1 Å². The summed E-state index contributed by atoms with van der Waals surface area (Å²) in [4.78, 5) is 15.9. The van der Waals surface area contributed by atoms with Crippen molar-refractivity contribution in [3.8, 4) is 22.4 Å². The molecule has 0 spiro atoms. The molecule has 0 aliphatic rings. The summed E-state index contributed by atoms with van der Waals surface area (Å²) in [6, 6.07) is 10.1. The Bertz CT molecular complexity index is 953. The molecule has 1 N–H and O–H groups in total. The Balaban J connectivity index is 2.04. The second-order valence-electron chi connectivity index (χ2n) is 6.41. The molecular formula is C21H23FN4O2. The highest BCUT2D eigenvalue weighted by molar-refractivity contribution is 5.86. The van der Waals surface area contributed by atoms with Gasteiger partial charge in [0.25, 0.3) is 0 Å². The predicted molar refractivity (Wildman–Crippen MR) is 106 cm³/mol. The minimum atomic E-state index is -0.554. The summed E-state index contributed by atoms with van der Waals surface area (Å²) in [5.74, 6) is 0.0915. The zero-order valence-electron chi connectivity index (χ0n) is 16.1. The van der Waals surface area contributed by atoms with E-state index in [2.05, 4.69) is 24.1 Å². The van der Waals surface area contributed by atoms with Crippen molar-refractivity contribution in [3.05, 3.63) is 54.6 Å². The minimum Gasteiger partial charge on any atom is -0.450 e. The van der Waals surface area contributed by atoms with Crippen LogP contribution in [-0.2, 0) is 4.74 Å². The van der Waals surface area contributed by atoms with Gasteiger partial charge in [-0.2, -0.15) is 5.10 Å². The Morgan fingerprint density at radius 3 is 2.64 bits per heavy atom. The van der Waals surface area contributed by atoms with Gasteiger partial charge in [0.05, 0.1) is 6.61 Å². The maximum absolute atomic E-state index is 13.4. The van der Waals surface area contributed by atoms with Crippen LogP contribution in [0.4, 0.5) is 15.0 Å². The van der Waals surface area contributed by atoms with Gasteiger partial charge < -0.3 is 4.74 Å². The van der Waals surface area contributed by atoms with Crippen LogP contribution < -0.4 is 5.32 Å². The molecular weight excluding hydrogens is 359 g/mol. The van der Waals surface area contributed by atoms with E-state index in [1.807, 2.05) is 16.9 Å². The molecule has 1 unspecified atom stereocenters. The lowest BCUT2D eigenvalue weighted by Crippen LogP contribution is -2.14. The summed E-state index contributed by atoms with van der Waals surface area (Å²) in [7, 11) is 0. The molecule has 2 heterocycles.